The molecular weight excluding hydrogens is 270 g/mol. The Kier molecular flexibility index (Phi) is 7.62. The molecule has 20 heavy (non-hydrogen) atoms. The largest absolute Gasteiger partial charge is 0.336 e. The molecule has 0 fully saturated rings. The van der Waals surface area contributed by atoms with E-state index >= 15 is 0 Å². The first kappa shape index (κ1) is 17.0. The van der Waals surface area contributed by atoms with E-state index in [1.54, 1.807) is 11.3 Å². The summed E-state index contributed by atoms with van der Waals surface area (Å²) in [7, 11) is 0. The van der Waals surface area contributed by atoms with E-state index in [2.05, 4.69) is 53.8 Å². The monoisotopic (exact) mass is 297 g/mol. The summed E-state index contributed by atoms with van der Waals surface area (Å²) < 4.78 is 0. The van der Waals surface area contributed by atoms with Crippen LogP contribution >= 0.6 is 11.3 Å². The van der Waals surface area contributed by atoms with Gasteiger partial charge in [0.1, 0.15) is 0 Å². The SMILES string of the molecule is CCC(C)NC(=O)NCC(c1cccs1)N(CC)CC. The van der Waals surface area contributed by atoms with E-state index in [9.17, 15) is 4.79 Å². The third-order valence-electron chi connectivity index (χ3n) is 3.57. The molecule has 114 valence electrons. The van der Waals surface area contributed by atoms with Crippen molar-refractivity contribution in [2.45, 2.75) is 46.2 Å². The van der Waals surface area contributed by atoms with Crippen LogP contribution in [-0.2, 0) is 0 Å². The fourth-order valence-corrected chi connectivity index (χ4v) is 2.98. The summed E-state index contributed by atoms with van der Waals surface area (Å²) in [6.45, 7) is 11.0. The van der Waals surface area contributed by atoms with Crippen LogP contribution in [0.15, 0.2) is 17.5 Å². The molecule has 0 aromatic carbocycles. The van der Waals surface area contributed by atoms with Gasteiger partial charge in [0.15, 0.2) is 0 Å². The van der Waals surface area contributed by atoms with Crippen LogP contribution in [0.3, 0.4) is 0 Å². The van der Waals surface area contributed by atoms with Crippen LogP contribution in [0.5, 0.6) is 0 Å². The van der Waals surface area contributed by atoms with Crippen molar-refractivity contribution in [1.29, 1.82) is 0 Å². The molecule has 2 unspecified atom stereocenters. The van der Waals surface area contributed by atoms with Gasteiger partial charge in [-0.05, 0) is 37.9 Å². The maximum Gasteiger partial charge on any atom is 0.315 e. The number of carbonyl (C=O) groups excluding carboxylic acids is 1. The zero-order valence-corrected chi connectivity index (χ0v) is 13.8. The lowest BCUT2D eigenvalue weighted by molar-refractivity contribution is 0.207. The molecule has 0 radical (unpaired) electrons. The lowest BCUT2D eigenvalue weighted by Crippen LogP contribution is -2.44. The van der Waals surface area contributed by atoms with Crippen LogP contribution in [0.25, 0.3) is 0 Å². The molecular formula is C15H27N3OS. The van der Waals surface area contributed by atoms with Gasteiger partial charge >= 0.3 is 6.03 Å². The Labute approximate surface area is 126 Å². The summed E-state index contributed by atoms with van der Waals surface area (Å²) in [6.07, 6.45) is 0.942. The minimum absolute atomic E-state index is 0.0759. The minimum Gasteiger partial charge on any atom is -0.336 e. The van der Waals surface area contributed by atoms with Crippen LogP contribution < -0.4 is 10.6 Å². The van der Waals surface area contributed by atoms with Gasteiger partial charge in [-0.1, -0.05) is 26.8 Å². The number of nitrogens with one attached hydrogen (secondary N) is 2. The van der Waals surface area contributed by atoms with Crippen LogP contribution in [0, 0.1) is 0 Å². The molecule has 0 spiro atoms. The third kappa shape index (κ3) is 5.13. The number of thiophene rings is 1. The molecule has 4 nitrogen and oxygen atoms in total. The highest BCUT2D eigenvalue weighted by Crippen LogP contribution is 2.24. The molecule has 2 amide bonds. The average Bonchev–Trinajstić information content (AvgIpc) is 2.97. The highest BCUT2D eigenvalue weighted by atomic mass is 32.1. The van der Waals surface area contributed by atoms with Gasteiger partial charge < -0.3 is 10.6 Å². The van der Waals surface area contributed by atoms with Crippen LogP contribution in [0.4, 0.5) is 4.79 Å². The predicted octanol–water partition coefficient (Wildman–Crippen LogP) is 3.23. The van der Waals surface area contributed by atoms with Gasteiger partial charge in [-0.3, -0.25) is 4.90 Å². The molecule has 1 aromatic rings. The number of likely N-dealkylation sites (N-methyl/N-ethyl adjacent to an activating group) is 1. The summed E-state index contributed by atoms with van der Waals surface area (Å²) >= 11 is 1.75. The van der Waals surface area contributed by atoms with Gasteiger partial charge in [0.05, 0.1) is 6.04 Å². The van der Waals surface area contributed by atoms with Crippen molar-refractivity contribution in [1.82, 2.24) is 15.5 Å². The van der Waals surface area contributed by atoms with E-state index in [0.29, 0.717) is 6.54 Å². The number of rotatable bonds is 8. The molecule has 2 atom stereocenters. The first-order valence-corrected chi connectivity index (χ1v) is 8.32. The van der Waals surface area contributed by atoms with Crippen molar-refractivity contribution < 1.29 is 4.79 Å². The second kappa shape index (κ2) is 8.97. The number of amides is 2. The molecule has 0 aliphatic carbocycles. The Hall–Kier alpha value is -1.07. The van der Waals surface area contributed by atoms with Crippen molar-refractivity contribution >= 4 is 17.4 Å². The van der Waals surface area contributed by atoms with Gasteiger partial charge in [0, 0.05) is 17.5 Å². The molecule has 2 N–H and O–H groups in total. The van der Waals surface area contributed by atoms with E-state index in [1.807, 2.05) is 6.92 Å². The van der Waals surface area contributed by atoms with Crippen molar-refractivity contribution in [3.05, 3.63) is 22.4 Å². The molecule has 1 rings (SSSR count). The highest BCUT2D eigenvalue weighted by molar-refractivity contribution is 7.10. The molecule has 0 aliphatic rings. The first-order valence-electron chi connectivity index (χ1n) is 7.44. The smallest absolute Gasteiger partial charge is 0.315 e. The van der Waals surface area contributed by atoms with Gasteiger partial charge in [-0.2, -0.15) is 0 Å². The zero-order chi connectivity index (χ0) is 15.0. The summed E-state index contributed by atoms with van der Waals surface area (Å²) in [5.41, 5.74) is 0. The molecule has 0 aliphatic heterocycles. The van der Waals surface area contributed by atoms with E-state index in [-0.39, 0.29) is 18.1 Å². The van der Waals surface area contributed by atoms with Gasteiger partial charge in [-0.15, -0.1) is 11.3 Å². The second-order valence-electron chi connectivity index (χ2n) is 4.92. The highest BCUT2D eigenvalue weighted by Gasteiger charge is 2.19. The van der Waals surface area contributed by atoms with Crippen molar-refractivity contribution in [2.24, 2.45) is 0 Å². The van der Waals surface area contributed by atoms with Crippen molar-refractivity contribution in [2.75, 3.05) is 19.6 Å². The van der Waals surface area contributed by atoms with E-state index in [4.69, 9.17) is 0 Å². The Morgan fingerprint density at radius 2 is 2.05 bits per heavy atom. The topological polar surface area (TPSA) is 44.4 Å². The fraction of sp³-hybridized carbons (Fsp3) is 0.667. The Morgan fingerprint density at radius 1 is 1.35 bits per heavy atom. The molecule has 0 saturated heterocycles. The Bertz CT molecular complexity index is 376. The van der Waals surface area contributed by atoms with E-state index in [1.165, 1.54) is 4.88 Å². The average molecular weight is 297 g/mol. The van der Waals surface area contributed by atoms with Gasteiger partial charge in [-0.25, -0.2) is 4.79 Å². The Balaban J connectivity index is 2.60. The molecule has 1 heterocycles. The normalized spacial score (nSPS) is 14.1. The van der Waals surface area contributed by atoms with Crippen LogP contribution in [0.2, 0.25) is 0 Å². The Morgan fingerprint density at radius 3 is 2.55 bits per heavy atom. The summed E-state index contributed by atoms with van der Waals surface area (Å²) in [5, 5.41) is 8.03. The molecule has 0 saturated carbocycles. The standard InChI is InChI=1S/C15H27N3OS/c1-5-12(4)17-15(19)16-11-13(18(6-2)7-3)14-9-8-10-20-14/h8-10,12-13H,5-7,11H2,1-4H3,(H2,16,17,19). The third-order valence-corrected chi connectivity index (χ3v) is 4.54. The molecule has 5 heteroatoms. The summed E-state index contributed by atoms with van der Waals surface area (Å²) in [6, 6.07) is 4.60. The minimum atomic E-state index is -0.0759. The number of hydrogen-bond acceptors (Lipinski definition) is 3. The van der Waals surface area contributed by atoms with Gasteiger partial charge in [0.2, 0.25) is 0 Å². The maximum atomic E-state index is 11.8. The lowest BCUT2D eigenvalue weighted by atomic mass is 10.2. The number of nitrogens with zero attached hydrogens (tertiary/aromatic N) is 1. The van der Waals surface area contributed by atoms with Crippen molar-refractivity contribution in [3.63, 3.8) is 0 Å². The zero-order valence-electron chi connectivity index (χ0n) is 13.0. The number of hydrogen-bond donors (Lipinski definition) is 2. The predicted molar refractivity (Wildman–Crippen MR) is 86.3 cm³/mol. The summed E-state index contributed by atoms with van der Waals surface area (Å²) in [4.78, 5) is 15.5. The van der Waals surface area contributed by atoms with Gasteiger partial charge in [0.25, 0.3) is 0 Å². The van der Waals surface area contributed by atoms with Crippen molar-refractivity contribution in [3.8, 4) is 0 Å². The van der Waals surface area contributed by atoms with E-state index in [0.717, 1.165) is 19.5 Å². The first-order chi connectivity index (χ1) is 9.62. The quantitative estimate of drug-likeness (QED) is 0.774. The second-order valence-corrected chi connectivity index (χ2v) is 5.90. The maximum absolute atomic E-state index is 11.8. The molecule has 0 bridgehead atoms. The van der Waals surface area contributed by atoms with Crippen LogP contribution in [0.1, 0.15) is 45.0 Å². The number of carbonyl (C=O) groups is 1. The number of urea groups is 1. The van der Waals surface area contributed by atoms with E-state index < -0.39 is 0 Å². The fourth-order valence-electron chi connectivity index (χ4n) is 2.12. The molecule has 1 aromatic heterocycles. The lowest BCUT2D eigenvalue weighted by Gasteiger charge is -2.29. The van der Waals surface area contributed by atoms with Crippen LogP contribution in [-0.4, -0.2) is 36.6 Å². The summed E-state index contributed by atoms with van der Waals surface area (Å²) in [5.74, 6) is 0.